The second kappa shape index (κ2) is 8.14. The highest BCUT2D eigenvalue weighted by atomic mass is 19.4. The maximum absolute atomic E-state index is 13.2. The molecular weight excluding hydrogens is 385 g/mol. The number of ether oxygens (including phenoxy) is 1. The first-order valence-corrected chi connectivity index (χ1v) is 9.18. The number of rotatable bonds is 4. The van der Waals surface area contributed by atoms with Gasteiger partial charge in [0.05, 0.1) is 11.3 Å². The normalized spacial score (nSPS) is 19.1. The Morgan fingerprint density at radius 2 is 1.76 bits per heavy atom. The van der Waals surface area contributed by atoms with Gasteiger partial charge in [-0.2, -0.15) is 13.2 Å². The van der Waals surface area contributed by atoms with Gasteiger partial charge < -0.3 is 10.1 Å². The number of halogens is 3. The lowest BCUT2D eigenvalue weighted by molar-refractivity contribution is -0.137. The average molecular weight is 406 g/mol. The summed E-state index contributed by atoms with van der Waals surface area (Å²) in [5.74, 6) is -0.677. The third kappa shape index (κ3) is 4.52. The van der Waals surface area contributed by atoms with Crippen molar-refractivity contribution in [1.29, 1.82) is 0 Å². The van der Waals surface area contributed by atoms with E-state index >= 15 is 0 Å². The molecule has 2 amide bonds. The van der Waals surface area contributed by atoms with Gasteiger partial charge in [-0.05, 0) is 37.5 Å². The van der Waals surface area contributed by atoms with Crippen LogP contribution in [0.3, 0.4) is 0 Å². The molecule has 154 valence electrons. The standard InChI is InChI=1S/C21H21F3N2O3/c1-20(18(27)25-17-11-6-5-10-16(17)21(22,23)24)12-7-13-26(20)19(28)29-14-15-8-3-2-4-9-15/h2-6,8-11H,7,12-14H2,1H3,(H,25,27). The number of para-hydroxylation sites is 1. The van der Waals surface area contributed by atoms with Gasteiger partial charge in [-0.1, -0.05) is 42.5 Å². The summed E-state index contributed by atoms with van der Waals surface area (Å²) >= 11 is 0. The van der Waals surface area contributed by atoms with E-state index in [2.05, 4.69) is 5.32 Å². The molecule has 0 saturated carbocycles. The first-order valence-electron chi connectivity index (χ1n) is 9.18. The van der Waals surface area contributed by atoms with E-state index in [0.29, 0.717) is 19.4 Å². The molecule has 1 aliphatic heterocycles. The molecule has 2 aromatic rings. The Hall–Kier alpha value is -3.03. The summed E-state index contributed by atoms with van der Waals surface area (Å²) in [5, 5.41) is 2.35. The molecule has 8 heteroatoms. The van der Waals surface area contributed by atoms with E-state index in [9.17, 15) is 22.8 Å². The first-order chi connectivity index (χ1) is 13.7. The summed E-state index contributed by atoms with van der Waals surface area (Å²) in [6, 6.07) is 13.8. The molecule has 1 N–H and O–H groups in total. The molecule has 0 bridgehead atoms. The Morgan fingerprint density at radius 1 is 1.10 bits per heavy atom. The fourth-order valence-electron chi connectivity index (χ4n) is 3.39. The smallest absolute Gasteiger partial charge is 0.418 e. The van der Waals surface area contributed by atoms with E-state index in [1.165, 1.54) is 30.0 Å². The number of benzene rings is 2. The molecule has 2 aromatic carbocycles. The second-order valence-electron chi connectivity index (χ2n) is 7.07. The Labute approximate surface area is 166 Å². The Kier molecular flexibility index (Phi) is 5.81. The van der Waals surface area contributed by atoms with Gasteiger partial charge in [0.25, 0.3) is 0 Å². The van der Waals surface area contributed by atoms with Crippen LogP contribution in [0.1, 0.15) is 30.9 Å². The lowest BCUT2D eigenvalue weighted by Gasteiger charge is -2.33. The summed E-state index contributed by atoms with van der Waals surface area (Å²) in [7, 11) is 0. The van der Waals surface area contributed by atoms with E-state index < -0.39 is 29.3 Å². The first kappa shape index (κ1) is 20.7. The van der Waals surface area contributed by atoms with Gasteiger partial charge in [0, 0.05) is 6.54 Å². The number of hydrogen-bond donors (Lipinski definition) is 1. The molecule has 0 aromatic heterocycles. The maximum atomic E-state index is 13.2. The molecule has 3 rings (SSSR count). The minimum Gasteiger partial charge on any atom is -0.445 e. The molecule has 1 saturated heterocycles. The summed E-state index contributed by atoms with van der Waals surface area (Å²) in [6.07, 6.45) is -4.40. The molecule has 1 heterocycles. The minimum absolute atomic E-state index is 0.0464. The lowest BCUT2D eigenvalue weighted by atomic mass is 9.97. The van der Waals surface area contributed by atoms with Gasteiger partial charge in [-0.25, -0.2) is 4.79 Å². The SMILES string of the molecule is CC1(C(=O)Nc2ccccc2C(F)(F)F)CCCN1C(=O)OCc1ccccc1. The van der Waals surface area contributed by atoms with Crippen molar-refractivity contribution in [2.75, 3.05) is 11.9 Å². The molecule has 0 radical (unpaired) electrons. The highest BCUT2D eigenvalue weighted by Gasteiger charge is 2.47. The van der Waals surface area contributed by atoms with E-state index in [1.54, 1.807) is 12.1 Å². The number of alkyl halides is 3. The number of nitrogens with one attached hydrogen (secondary N) is 1. The van der Waals surface area contributed by atoms with Crippen LogP contribution in [0.25, 0.3) is 0 Å². The largest absolute Gasteiger partial charge is 0.445 e. The maximum Gasteiger partial charge on any atom is 0.418 e. The van der Waals surface area contributed by atoms with Gasteiger partial charge in [0.2, 0.25) is 5.91 Å². The predicted molar refractivity (Wildman–Crippen MR) is 101 cm³/mol. The third-order valence-electron chi connectivity index (χ3n) is 5.04. The topological polar surface area (TPSA) is 58.6 Å². The van der Waals surface area contributed by atoms with E-state index in [-0.39, 0.29) is 12.3 Å². The van der Waals surface area contributed by atoms with Crippen molar-refractivity contribution in [1.82, 2.24) is 4.90 Å². The summed E-state index contributed by atoms with van der Waals surface area (Å²) in [5.41, 5.74) is -1.78. The van der Waals surface area contributed by atoms with Gasteiger partial charge in [-0.3, -0.25) is 9.69 Å². The van der Waals surface area contributed by atoms with Crippen LogP contribution in [-0.4, -0.2) is 29.0 Å². The molecule has 5 nitrogen and oxygen atoms in total. The Balaban J connectivity index is 1.73. The molecule has 1 fully saturated rings. The summed E-state index contributed by atoms with van der Waals surface area (Å²) in [6.45, 7) is 1.87. The summed E-state index contributed by atoms with van der Waals surface area (Å²) in [4.78, 5) is 26.7. The number of carbonyl (C=O) groups excluding carboxylic acids is 2. The van der Waals surface area contributed by atoms with Crippen LogP contribution in [0.5, 0.6) is 0 Å². The second-order valence-corrected chi connectivity index (χ2v) is 7.07. The van der Waals surface area contributed by atoms with Crippen LogP contribution >= 0.6 is 0 Å². The van der Waals surface area contributed by atoms with Crippen molar-refractivity contribution in [3.8, 4) is 0 Å². The van der Waals surface area contributed by atoms with E-state index in [0.717, 1.165) is 11.6 Å². The highest BCUT2D eigenvalue weighted by molar-refractivity contribution is 6.00. The van der Waals surface area contributed by atoms with Gasteiger partial charge in [0.15, 0.2) is 0 Å². The van der Waals surface area contributed by atoms with Gasteiger partial charge >= 0.3 is 12.3 Å². The molecule has 1 aliphatic rings. The molecule has 29 heavy (non-hydrogen) atoms. The van der Waals surface area contributed by atoms with Crippen LogP contribution in [0.2, 0.25) is 0 Å². The van der Waals surface area contributed by atoms with Crippen molar-refractivity contribution >= 4 is 17.7 Å². The monoisotopic (exact) mass is 406 g/mol. The van der Waals surface area contributed by atoms with Gasteiger partial charge in [0.1, 0.15) is 12.1 Å². The van der Waals surface area contributed by atoms with E-state index in [1.807, 2.05) is 18.2 Å². The molecule has 0 spiro atoms. The molecular formula is C21H21F3N2O3. The number of nitrogens with zero attached hydrogens (tertiary/aromatic N) is 1. The van der Waals surface area contributed by atoms with Crippen molar-refractivity contribution in [3.63, 3.8) is 0 Å². The fourth-order valence-corrected chi connectivity index (χ4v) is 3.39. The number of likely N-dealkylation sites (tertiary alicyclic amines) is 1. The lowest BCUT2D eigenvalue weighted by Crippen LogP contribution is -2.53. The van der Waals surface area contributed by atoms with Crippen molar-refractivity contribution in [2.24, 2.45) is 0 Å². The fraction of sp³-hybridized carbons (Fsp3) is 0.333. The Bertz CT molecular complexity index is 886. The summed E-state index contributed by atoms with van der Waals surface area (Å²) < 4.78 is 44.9. The third-order valence-corrected chi connectivity index (χ3v) is 5.04. The van der Waals surface area contributed by atoms with Crippen molar-refractivity contribution in [3.05, 3.63) is 65.7 Å². The molecule has 0 aliphatic carbocycles. The number of anilines is 1. The van der Waals surface area contributed by atoms with Gasteiger partial charge in [-0.15, -0.1) is 0 Å². The van der Waals surface area contributed by atoms with Crippen LogP contribution < -0.4 is 5.32 Å². The molecule has 1 unspecified atom stereocenters. The molecule has 1 atom stereocenters. The zero-order chi connectivity index (χ0) is 21.1. The Morgan fingerprint density at radius 3 is 2.45 bits per heavy atom. The quantitative estimate of drug-likeness (QED) is 0.791. The van der Waals surface area contributed by atoms with E-state index in [4.69, 9.17) is 4.74 Å². The number of amides is 2. The van der Waals surface area contributed by atoms with Crippen molar-refractivity contribution in [2.45, 2.75) is 38.1 Å². The number of hydrogen-bond acceptors (Lipinski definition) is 3. The van der Waals surface area contributed by atoms with Crippen molar-refractivity contribution < 1.29 is 27.5 Å². The number of carbonyl (C=O) groups is 2. The average Bonchev–Trinajstić information content (AvgIpc) is 3.09. The highest BCUT2D eigenvalue weighted by Crippen LogP contribution is 2.36. The zero-order valence-corrected chi connectivity index (χ0v) is 15.8. The van der Waals surface area contributed by atoms with Crippen LogP contribution in [0.4, 0.5) is 23.7 Å². The predicted octanol–water partition coefficient (Wildman–Crippen LogP) is 4.84. The van der Waals surface area contributed by atoms with Crippen LogP contribution in [0.15, 0.2) is 54.6 Å². The minimum atomic E-state index is -4.60. The van der Waals surface area contributed by atoms with Crippen LogP contribution in [0, 0.1) is 0 Å². The van der Waals surface area contributed by atoms with Crippen LogP contribution in [-0.2, 0) is 22.3 Å². The zero-order valence-electron chi connectivity index (χ0n) is 15.8.